The quantitative estimate of drug-likeness (QED) is 0.421. The predicted molar refractivity (Wildman–Crippen MR) is 81.4 cm³/mol. The zero-order chi connectivity index (χ0) is 16.9. The summed E-state index contributed by atoms with van der Waals surface area (Å²) >= 11 is 1.20. The number of halogens is 4. The molecule has 0 radical (unpaired) electrons. The molecule has 2 aliphatic carbocycles. The van der Waals surface area contributed by atoms with Crippen molar-refractivity contribution < 1.29 is 32.2 Å². The third-order valence-electron chi connectivity index (χ3n) is 3.25. The van der Waals surface area contributed by atoms with E-state index in [1.54, 1.807) is 20.1 Å². The first-order valence-corrected chi connectivity index (χ1v) is 8.48. The fourth-order valence-electron chi connectivity index (χ4n) is 2.29. The summed E-state index contributed by atoms with van der Waals surface area (Å²) in [5.41, 5.74) is 3.15. The van der Waals surface area contributed by atoms with E-state index >= 15 is 0 Å². The maximum Gasteiger partial charge on any atom is 0.673 e. The molecule has 0 amide bonds. The number of rotatable bonds is 4. The third kappa shape index (κ3) is 6.57. The molecule has 126 valence electrons. The monoisotopic (exact) mass is 357 g/mol. The summed E-state index contributed by atoms with van der Waals surface area (Å²) in [6.45, 7) is 9.20. The van der Waals surface area contributed by atoms with E-state index in [9.17, 15) is 17.3 Å². The summed E-state index contributed by atoms with van der Waals surface area (Å²) < 4.78 is 42.3. The molecule has 0 atom stereocenters. The Bertz CT molecular complexity index is 465. The van der Waals surface area contributed by atoms with Gasteiger partial charge in [-0.2, -0.15) is 0 Å². The van der Waals surface area contributed by atoms with Crippen LogP contribution in [0.15, 0.2) is 44.4 Å². The van der Waals surface area contributed by atoms with Crippen molar-refractivity contribution in [2.75, 3.05) is 0 Å². The first kappa shape index (κ1) is 19.3. The molecule has 2 rings (SSSR count). The minimum absolute atomic E-state index is 0.668. The fraction of sp³-hybridized carbons (Fsp3) is 0.500. The third-order valence-corrected chi connectivity index (χ3v) is 5.00. The average Bonchev–Trinajstić information content (AvgIpc) is 2.95. The van der Waals surface area contributed by atoms with E-state index < -0.39 is 7.25 Å². The van der Waals surface area contributed by atoms with Gasteiger partial charge in [0.1, 0.15) is 0 Å². The molecule has 0 N–H and O–H groups in total. The molecule has 0 saturated carbocycles. The Morgan fingerprint density at radius 2 is 1.14 bits per heavy atom. The van der Waals surface area contributed by atoms with Gasteiger partial charge in [-0.25, -0.2) is 0 Å². The summed E-state index contributed by atoms with van der Waals surface area (Å²) in [6.07, 6.45) is 11.6. The molecule has 0 aromatic rings. The van der Waals surface area contributed by atoms with Gasteiger partial charge in [-0.3, -0.25) is 0 Å². The summed E-state index contributed by atoms with van der Waals surface area (Å²) in [5, 5.41) is 0. The molecule has 0 heterocycles. The maximum atomic E-state index is 9.75. The van der Waals surface area contributed by atoms with Crippen molar-refractivity contribution in [2.45, 2.75) is 40.5 Å². The first-order valence-electron chi connectivity index (χ1n) is 7.38. The van der Waals surface area contributed by atoms with E-state index in [2.05, 4.69) is 52.0 Å². The van der Waals surface area contributed by atoms with Crippen LogP contribution in [0.1, 0.15) is 40.5 Å². The smallest absolute Gasteiger partial charge is 0.418 e. The number of hydrogen-bond donors (Lipinski definition) is 0. The molecule has 0 nitrogen and oxygen atoms in total. The Hall–Kier alpha value is -0.736. The van der Waals surface area contributed by atoms with Gasteiger partial charge in [0.05, 0.1) is 0 Å². The van der Waals surface area contributed by atoms with E-state index in [4.69, 9.17) is 0 Å². The van der Waals surface area contributed by atoms with Gasteiger partial charge in [-0.05, 0) is 0 Å². The first-order chi connectivity index (χ1) is 10.1. The van der Waals surface area contributed by atoms with Crippen LogP contribution in [0.5, 0.6) is 0 Å². The van der Waals surface area contributed by atoms with Crippen molar-refractivity contribution in [1.82, 2.24) is 0 Å². The summed E-state index contributed by atoms with van der Waals surface area (Å²) in [7, 11) is -6.00. The van der Waals surface area contributed by atoms with E-state index in [1.807, 2.05) is 0 Å². The second-order valence-corrected chi connectivity index (χ2v) is 7.41. The summed E-state index contributed by atoms with van der Waals surface area (Å²) in [4.78, 5) is 0. The van der Waals surface area contributed by atoms with Crippen LogP contribution >= 0.6 is 0 Å². The van der Waals surface area contributed by atoms with E-state index in [-0.39, 0.29) is 0 Å². The minimum Gasteiger partial charge on any atom is -0.418 e. The topological polar surface area (TPSA) is 0 Å². The van der Waals surface area contributed by atoms with Gasteiger partial charge < -0.3 is 17.3 Å². The second-order valence-electron chi connectivity index (χ2n) is 5.80. The van der Waals surface area contributed by atoms with Crippen LogP contribution < -0.4 is 0 Å². The SMILES string of the molecule is CC(C)C1=[C]([Fe][C]2=C(C(C)C)C=CC2)CC=C1.F[B-](F)(F)F. The molecule has 0 aromatic carbocycles. The standard InChI is InChI=1S/2C8H11.BF4.Fe/c2*1-7(2)8-5-3-4-6-8;2-1(3,4)5;/h2*3,5,7H,4H2,1-2H3;;/q;;-1;. The number of allylic oxidation sites excluding steroid dienone is 8. The van der Waals surface area contributed by atoms with Crippen LogP contribution in [0.2, 0.25) is 0 Å². The van der Waals surface area contributed by atoms with Gasteiger partial charge in [0.15, 0.2) is 0 Å². The zero-order valence-corrected chi connectivity index (χ0v) is 14.4. The minimum atomic E-state index is -6.00. The second kappa shape index (κ2) is 8.21. The average molecular weight is 357 g/mol. The molecule has 22 heavy (non-hydrogen) atoms. The number of hydrogen-bond acceptors (Lipinski definition) is 0. The molecule has 0 bridgehead atoms. The van der Waals surface area contributed by atoms with Crippen LogP contribution in [-0.4, -0.2) is 7.25 Å². The van der Waals surface area contributed by atoms with Crippen molar-refractivity contribution in [2.24, 2.45) is 11.8 Å². The molecule has 0 spiro atoms. The molecule has 0 saturated heterocycles. The van der Waals surface area contributed by atoms with Crippen LogP contribution in [0, 0.1) is 11.8 Å². The Labute approximate surface area is 136 Å². The van der Waals surface area contributed by atoms with Crippen molar-refractivity contribution in [3.63, 3.8) is 0 Å². The summed E-state index contributed by atoms with van der Waals surface area (Å²) in [5.74, 6) is 1.34. The molecule has 0 unspecified atom stereocenters. The largest absolute Gasteiger partial charge is 0.673 e. The fourth-order valence-corrected chi connectivity index (χ4v) is 4.31. The summed E-state index contributed by atoms with van der Waals surface area (Å²) in [6, 6.07) is 0. The van der Waals surface area contributed by atoms with Gasteiger partial charge in [0.2, 0.25) is 0 Å². The molecular weight excluding hydrogens is 335 g/mol. The molecule has 0 aliphatic heterocycles. The molecule has 2 aliphatic rings. The normalized spacial score (nSPS) is 18.1. The Morgan fingerprint density at radius 3 is 1.41 bits per heavy atom. The van der Waals surface area contributed by atoms with E-state index in [0.29, 0.717) is 11.8 Å². The zero-order valence-electron chi connectivity index (χ0n) is 13.3. The van der Waals surface area contributed by atoms with E-state index in [1.165, 1.54) is 27.8 Å². The van der Waals surface area contributed by atoms with Gasteiger partial charge >= 0.3 is 119 Å². The van der Waals surface area contributed by atoms with Crippen LogP contribution in [-0.2, 0) is 15.0 Å². The van der Waals surface area contributed by atoms with Crippen LogP contribution in [0.25, 0.3) is 0 Å². The van der Waals surface area contributed by atoms with Crippen molar-refractivity contribution in [3.8, 4) is 0 Å². The van der Waals surface area contributed by atoms with Gasteiger partial charge in [-0.15, -0.1) is 0 Å². The van der Waals surface area contributed by atoms with Crippen LogP contribution in [0.4, 0.5) is 17.3 Å². The predicted octanol–water partition coefficient (Wildman–Crippen LogP) is 6.11. The van der Waals surface area contributed by atoms with Crippen molar-refractivity contribution in [3.05, 3.63) is 44.4 Å². The van der Waals surface area contributed by atoms with Crippen molar-refractivity contribution in [1.29, 1.82) is 0 Å². The Balaban J connectivity index is 0.000000422. The van der Waals surface area contributed by atoms with Gasteiger partial charge in [0.25, 0.3) is 0 Å². The molecular formula is C16H22BF4Fe-. The van der Waals surface area contributed by atoms with Crippen molar-refractivity contribution >= 4 is 7.25 Å². The molecule has 6 heteroatoms. The molecule has 0 aromatic heterocycles. The maximum absolute atomic E-state index is 9.75. The van der Waals surface area contributed by atoms with Crippen LogP contribution in [0.3, 0.4) is 0 Å². The Kier molecular flexibility index (Phi) is 7.21. The van der Waals surface area contributed by atoms with Gasteiger partial charge in [-0.1, -0.05) is 0 Å². The van der Waals surface area contributed by atoms with Gasteiger partial charge in [0, 0.05) is 0 Å². The Morgan fingerprint density at radius 1 is 0.818 bits per heavy atom. The molecule has 0 fully saturated rings. The van der Waals surface area contributed by atoms with E-state index in [0.717, 1.165) is 0 Å².